The minimum Gasteiger partial charge on any atom is -0.496 e. The predicted molar refractivity (Wildman–Crippen MR) is 135 cm³/mol. The third kappa shape index (κ3) is 5.71. The molecule has 0 bridgehead atoms. The first-order valence-electron chi connectivity index (χ1n) is 11.4. The van der Waals surface area contributed by atoms with Crippen molar-refractivity contribution in [3.05, 3.63) is 64.1 Å². The number of hydrogen-bond donors (Lipinski definition) is 1. The van der Waals surface area contributed by atoms with Crippen molar-refractivity contribution in [3.63, 3.8) is 0 Å². The number of fused-ring (bicyclic) bond motifs is 1. The van der Waals surface area contributed by atoms with Crippen LogP contribution < -0.4 is 10.1 Å². The molecule has 2 aromatic heterocycles. The molecule has 0 saturated heterocycles. The van der Waals surface area contributed by atoms with Crippen LogP contribution in [-0.2, 0) is 42.6 Å². The number of methoxy groups -OCH3 is 1. The Morgan fingerprint density at radius 2 is 2.14 bits per heavy atom. The molecule has 9 nitrogen and oxygen atoms in total. The van der Waals surface area contributed by atoms with Crippen molar-refractivity contribution < 1.29 is 19.1 Å². The molecule has 3 heterocycles. The van der Waals surface area contributed by atoms with Gasteiger partial charge in [-0.25, -0.2) is 9.78 Å². The van der Waals surface area contributed by atoms with Crippen LogP contribution >= 0.6 is 11.3 Å². The van der Waals surface area contributed by atoms with E-state index in [9.17, 15) is 9.59 Å². The second-order valence-corrected chi connectivity index (χ2v) is 9.28. The Bertz CT molecular complexity index is 1230. The van der Waals surface area contributed by atoms with Crippen LogP contribution in [0.4, 0.5) is 9.80 Å². The Hall–Kier alpha value is -3.66. The molecule has 0 aliphatic carbocycles. The second-order valence-electron chi connectivity index (χ2n) is 8.17. The van der Waals surface area contributed by atoms with Gasteiger partial charge in [0.1, 0.15) is 16.6 Å². The molecule has 0 saturated carbocycles. The van der Waals surface area contributed by atoms with Gasteiger partial charge in [-0.1, -0.05) is 18.2 Å². The predicted octanol–water partition coefficient (Wildman–Crippen LogP) is 3.81. The summed E-state index contributed by atoms with van der Waals surface area (Å²) in [6.45, 7) is 1.09. The number of para-hydroxylation sites is 1. The highest BCUT2D eigenvalue weighted by Gasteiger charge is 2.28. The zero-order chi connectivity index (χ0) is 24.8. The van der Waals surface area contributed by atoms with Crippen LogP contribution in [-0.4, -0.2) is 53.4 Å². The maximum absolute atomic E-state index is 12.8. The number of amides is 2. The number of aryl methyl sites for hydroxylation is 2. The third-order valence-corrected chi connectivity index (χ3v) is 7.07. The topological polar surface area (TPSA) is 98.1 Å². The molecule has 0 unspecified atom stereocenters. The minimum absolute atomic E-state index is 0.0772. The molecule has 10 heteroatoms. The summed E-state index contributed by atoms with van der Waals surface area (Å²) >= 11 is 1.49. The normalized spacial score (nSPS) is 13.1. The number of ether oxygens (including phenoxy) is 2. The highest BCUT2D eigenvalue weighted by atomic mass is 32.1. The molecule has 1 aromatic carbocycles. The number of benzene rings is 1. The number of hydrogen-bond acceptors (Lipinski definition) is 7. The summed E-state index contributed by atoms with van der Waals surface area (Å²) in [5, 5.41) is 3.81. The van der Waals surface area contributed by atoms with Crippen molar-refractivity contribution in [2.24, 2.45) is 12.0 Å². The first-order chi connectivity index (χ1) is 17.0. The summed E-state index contributed by atoms with van der Waals surface area (Å²) < 4.78 is 12.7. The number of carbonyl (C=O) groups excluding carboxylic acids is 2. The SMILES string of the molecule is CN=Cc1c(NC(=O)CCc2ccccc2OC)sc2c1CCN(C(=O)OCc1nccn1C)C2. The Kier molecular flexibility index (Phi) is 7.81. The zero-order valence-electron chi connectivity index (χ0n) is 20.1. The fourth-order valence-electron chi connectivity index (χ4n) is 4.04. The van der Waals surface area contributed by atoms with E-state index in [0.717, 1.165) is 32.3 Å². The molecule has 184 valence electrons. The molecule has 1 aliphatic heterocycles. The van der Waals surface area contributed by atoms with Crippen LogP contribution in [0.25, 0.3) is 0 Å². The maximum Gasteiger partial charge on any atom is 0.410 e. The smallest absolute Gasteiger partial charge is 0.410 e. The summed E-state index contributed by atoms with van der Waals surface area (Å²) in [5.41, 5.74) is 3.03. The number of aliphatic imine (C=N–C) groups is 1. The van der Waals surface area contributed by atoms with Gasteiger partial charge in [-0.05, 0) is 30.0 Å². The number of rotatable bonds is 8. The largest absolute Gasteiger partial charge is 0.496 e. The van der Waals surface area contributed by atoms with Gasteiger partial charge in [0.15, 0.2) is 6.61 Å². The molecule has 0 fully saturated rings. The van der Waals surface area contributed by atoms with E-state index in [0.29, 0.717) is 38.2 Å². The Labute approximate surface area is 208 Å². The quantitative estimate of drug-likeness (QED) is 0.480. The molecule has 35 heavy (non-hydrogen) atoms. The first kappa shape index (κ1) is 24.5. The van der Waals surface area contributed by atoms with Crippen LogP contribution in [0.2, 0.25) is 0 Å². The van der Waals surface area contributed by atoms with Crippen LogP contribution in [0.15, 0.2) is 41.7 Å². The van der Waals surface area contributed by atoms with Crippen LogP contribution in [0.5, 0.6) is 5.75 Å². The maximum atomic E-state index is 12.8. The van der Waals surface area contributed by atoms with E-state index >= 15 is 0 Å². The van der Waals surface area contributed by atoms with Crippen LogP contribution in [0, 0.1) is 0 Å². The summed E-state index contributed by atoms with van der Waals surface area (Å²) in [6.07, 6.45) is 6.46. The molecule has 4 rings (SSSR count). The van der Waals surface area contributed by atoms with Crippen LogP contribution in [0.1, 0.15) is 33.8 Å². The van der Waals surface area contributed by atoms with Crippen molar-refractivity contribution in [2.75, 3.05) is 26.0 Å². The van der Waals surface area contributed by atoms with Gasteiger partial charge in [0, 0.05) is 56.1 Å². The van der Waals surface area contributed by atoms with Gasteiger partial charge in [0.25, 0.3) is 0 Å². The minimum atomic E-state index is -0.375. The molecule has 3 aromatic rings. The highest BCUT2D eigenvalue weighted by Crippen LogP contribution is 2.36. The number of nitrogens with zero attached hydrogens (tertiary/aromatic N) is 4. The van der Waals surface area contributed by atoms with Crippen molar-refractivity contribution in [1.29, 1.82) is 0 Å². The summed E-state index contributed by atoms with van der Waals surface area (Å²) in [6, 6.07) is 7.70. The molecule has 2 amide bonds. The van der Waals surface area contributed by atoms with Crippen LogP contribution in [0.3, 0.4) is 0 Å². The molecular formula is C25H29N5O4S. The number of carbonyl (C=O) groups is 2. The fourth-order valence-corrected chi connectivity index (χ4v) is 5.30. The number of aromatic nitrogens is 2. The van der Waals surface area contributed by atoms with E-state index < -0.39 is 0 Å². The van der Waals surface area contributed by atoms with Crippen molar-refractivity contribution >= 4 is 34.6 Å². The standard InChI is InChI=1S/C25H29N5O4S/c1-26-14-19-18-10-12-30(25(32)34-16-22-27-11-13-29(22)2)15-21(18)35-24(19)28-23(31)9-8-17-6-4-5-7-20(17)33-3/h4-7,11,13-14H,8-10,12,15-16H2,1-3H3,(H,28,31). The Morgan fingerprint density at radius 3 is 2.89 bits per heavy atom. The van der Waals surface area contributed by atoms with Gasteiger partial charge in [-0.15, -0.1) is 11.3 Å². The van der Waals surface area contributed by atoms with Gasteiger partial charge >= 0.3 is 6.09 Å². The highest BCUT2D eigenvalue weighted by molar-refractivity contribution is 7.16. The van der Waals surface area contributed by atoms with Crippen molar-refractivity contribution in [3.8, 4) is 5.75 Å². The Morgan fingerprint density at radius 1 is 1.31 bits per heavy atom. The van der Waals surface area contributed by atoms with E-state index in [1.165, 1.54) is 11.3 Å². The lowest BCUT2D eigenvalue weighted by atomic mass is 10.0. The second kappa shape index (κ2) is 11.2. The van der Waals surface area contributed by atoms with E-state index in [4.69, 9.17) is 9.47 Å². The number of anilines is 1. The average Bonchev–Trinajstić information content (AvgIpc) is 3.43. The summed E-state index contributed by atoms with van der Waals surface area (Å²) in [7, 11) is 5.20. The van der Waals surface area contributed by atoms with E-state index in [1.54, 1.807) is 31.5 Å². The summed E-state index contributed by atoms with van der Waals surface area (Å²) in [4.78, 5) is 36.5. The number of imidazole rings is 1. The fraction of sp³-hybridized carbons (Fsp3) is 0.360. The van der Waals surface area contributed by atoms with E-state index in [1.807, 2.05) is 42.1 Å². The molecule has 1 aliphatic rings. The number of nitrogens with one attached hydrogen (secondary N) is 1. The lowest BCUT2D eigenvalue weighted by Gasteiger charge is -2.26. The molecule has 1 N–H and O–H groups in total. The van der Waals surface area contributed by atoms with Gasteiger partial charge in [-0.3, -0.25) is 9.79 Å². The van der Waals surface area contributed by atoms with Gasteiger partial charge in [0.05, 0.1) is 13.7 Å². The first-order valence-corrected chi connectivity index (χ1v) is 12.2. The van der Waals surface area contributed by atoms with Crippen molar-refractivity contribution in [1.82, 2.24) is 14.5 Å². The number of thiophene rings is 1. The molecule has 0 atom stereocenters. The van der Waals surface area contributed by atoms with Crippen molar-refractivity contribution in [2.45, 2.75) is 32.4 Å². The van der Waals surface area contributed by atoms with Gasteiger partial charge in [-0.2, -0.15) is 0 Å². The van der Waals surface area contributed by atoms with Gasteiger partial charge in [0.2, 0.25) is 5.91 Å². The Balaban J connectivity index is 1.41. The van der Waals surface area contributed by atoms with Gasteiger partial charge < -0.3 is 24.3 Å². The summed E-state index contributed by atoms with van der Waals surface area (Å²) in [5.74, 6) is 1.39. The molecule has 0 radical (unpaired) electrons. The lowest BCUT2D eigenvalue weighted by Crippen LogP contribution is -2.36. The zero-order valence-corrected chi connectivity index (χ0v) is 20.9. The third-order valence-electron chi connectivity index (χ3n) is 5.93. The average molecular weight is 496 g/mol. The van der Waals surface area contributed by atoms with E-state index in [-0.39, 0.29) is 18.6 Å². The lowest BCUT2D eigenvalue weighted by molar-refractivity contribution is -0.116. The molecular weight excluding hydrogens is 466 g/mol. The monoisotopic (exact) mass is 495 g/mol. The van der Waals surface area contributed by atoms with E-state index in [2.05, 4.69) is 15.3 Å². The molecule has 0 spiro atoms.